The molecule has 0 bridgehead atoms. The molecule has 0 atom stereocenters. The van der Waals surface area contributed by atoms with E-state index in [0.29, 0.717) is 24.7 Å². The van der Waals surface area contributed by atoms with Crippen LogP contribution in [0.3, 0.4) is 0 Å². The van der Waals surface area contributed by atoms with E-state index in [1.807, 2.05) is 19.1 Å². The Hall–Kier alpha value is -1.56. The molecule has 0 spiro atoms. The number of carbonyl (C=O) groups excluding carboxylic acids is 1. The first-order chi connectivity index (χ1) is 10.0. The summed E-state index contributed by atoms with van der Waals surface area (Å²) in [7, 11) is 0. The van der Waals surface area contributed by atoms with Crippen molar-refractivity contribution in [1.82, 2.24) is 16.0 Å². The van der Waals surface area contributed by atoms with Crippen LogP contribution in [0.1, 0.15) is 31.1 Å². The minimum absolute atomic E-state index is 0.0838. The molecule has 6 heteroatoms. The van der Waals surface area contributed by atoms with E-state index in [4.69, 9.17) is 0 Å². The van der Waals surface area contributed by atoms with Gasteiger partial charge in [-0.1, -0.05) is 15.9 Å². The predicted molar refractivity (Wildman–Crippen MR) is 90.7 cm³/mol. The lowest BCUT2D eigenvalue weighted by molar-refractivity contribution is 0.0955. The van der Waals surface area contributed by atoms with E-state index in [9.17, 15) is 4.79 Å². The number of halogens is 1. The van der Waals surface area contributed by atoms with Gasteiger partial charge in [-0.3, -0.25) is 9.79 Å². The minimum Gasteiger partial charge on any atom is -0.357 e. The van der Waals surface area contributed by atoms with Crippen molar-refractivity contribution in [2.75, 3.05) is 19.6 Å². The van der Waals surface area contributed by atoms with Crippen LogP contribution in [0.5, 0.6) is 0 Å². The Morgan fingerprint density at radius 1 is 1.24 bits per heavy atom. The van der Waals surface area contributed by atoms with Crippen molar-refractivity contribution >= 4 is 27.8 Å². The minimum atomic E-state index is -0.0838. The molecule has 1 aromatic carbocycles. The fraction of sp³-hybridized carbons (Fsp3) is 0.467. The highest BCUT2D eigenvalue weighted by Gasteiger charge is 2.04. The van der Waals surface area contributed by atoms with E-state index in [1.165, 1.54) is 0 Å². The summed E-state index contributed by atoms with van der Waals surface area (Å²) in [4.78, 5) is 16.3. The number of carbonyl (C=O) groups is 1. The van der Waals surface area contributed by atoms with E-state index in [1.54, 1.807) is 12.1 Å². The standard InChI is InChI=1S/C15H23BrN4O/c1-4-17-15(20-11(2)3)19-10-9-18-14(21)12-5-7-13(16)8-6-12/h5-8,11H,4,9-10H2,1-3H3,(H,18,21)(H2,17,19,20). The van der Waals surface area contributed by atoms with Crippen molar-refractivity contribution in [2.45, 2.75) is 26.8 Å². The Labute approximate surface area is 134 Å². The van der Waals surface area contributed by atoms with Gasteiger partial charge in [-0.05, 0) is 45.0 Å². The number of hydrogen-bond donors (Lipinski definition) is 3. The maximum Gasteiger partial charge on any atom is 0.251 e. The van der Waals surface area contributed by atoms with Crippen LogP contribution in [0, 0.1) is 0 Å². The Morgan fingerprint density at radius 3 is 2.48 bits per heavy atom. The summed E-state index contributed by atoms with van der Waals surface area (Å²) in [5.74, 6) is 0.685. The molecule has 0 heterocycles. The first-order valence-corrected chi connectivity index (χ1v) is 7.90. The van der Waals surface area contributed by atoms with Crippen LogP contribution < -0.4 is 16.0 Å². The fourth-order valence-corrected chi connectivity index (χ4v) is 1.90. The zero-order chi connectivity index (χ0) is 15.7. The van der Waals surface area contributed by atoms with Crippen LogP contribution in [-0.2, 0) is 0 Å². The first-order valence-electron chi connectivity index (χ1n) is 7.11. The number of benzene rings is 1. The summed E-state index contributed by atoms with van der Waals surface area (Å²) in [6.07, 6.45) is 0. The van der Waals surface area contributed by atoms with Gasteiger partial charge in [0.05, 0.1) is 6.54 Å². The summed E-state index contributed by atoms with van der Waals surface area (Å²) >= 11 is 3.35. The molecule has 0 fully saturated rings. The molecule has 0 aliphatic rings. The molecule has 116 valence electrons. The predicted octanol–water partition coefficient (Wildman–Crippen LogP) is 2.14. The molecule has 3 N–H and O–H groups in total. The maximum atomic E-state index is 11.9. The SMILES string of the molecule is CCNC(=NCCNC(=O)c1ccc(Br)cc1)NC(C)C. The van der Waals surface area contributed by atoms with Crippen molar-refractivity contribution in [3.63, 3.8) is 0 Å². The molecule has 0 saturated heterocycles. The molecule has 0 aliphatic carbocycles. The van der Waals surface area contributed by atoms with Crippen molar-refractivity contribution in [2.24, 2.45) is 4.99 Å². The highest BCUT2D eigenvalue weighted by Crippen LogP contribution is 2.10. The number of rotatable bonds is 6. The van der Waals surface area contributed by atoms with Crippen molar-refractivity contribution in [3.8, 4) is 0 Å². The maximum absolute atomic E-state index is 11.9. The third kappa shape index (κ3) is 7.13. The highest BCUT2D eigenvalue weighted by atomic mass is 79.9. The normalized spacial score (nSPS) is 11.4. The van der Waals surface area contributed by atoms with Crippen LogP contribution in [0.15, 0.2) is 33.7 Å². The van der Waals surface area contributed by atoms with Gasteiger partial charge >= 0.3 is 0 Å². The van der Waals surface area contributed by atoms with E-state index in [-0.39, 0.29) is 5.91 Å². The van der Waals surface area contributed by atoms with E-state index in [0.717, 1.165) is 17.0 Å². The number of guanidine groups is 1. The Balaban J connectivity index is 2.40. The topological polar surface area (TPSA) is 65.5 Å². The molecule has 0 radical (unpaired) electrons. The molecule has 0 aliphatic heterocycles. The molecule has 5 nitrogen and oxygen atoms in total. The van der Waals surface area contributed by atoms with Crippen LogP contribution in [0.4, 0.5) is 0 Å². The van der Waals surface area contributed by atoms with Gasteiger partial charge in [-0.25, -0.2) is 0 Å². The largest absolute Gasteiger partial charge is 0.357 e. The molecule has 1 aromatic rings. The summed E-state index contributed by atoms with van der Waals surface area (Å²) in [5, 5.41) is 9.24. The van der Waals surface area contributed by atoms with Gasteiger partial charge in [0.1, 0.15) is 0 Å². The molecule has 1 amide bonds. The Morgan fingerprint density at radius 2 is 1.90 bits per heavy atom. The van der Waals surface area contributed by atoms with E-state index >= 15 is 0 Å². The number of nitrogens with zero attached hydrogens (tertiary/aromatic N) is 1. The van der Waals surface area contributed by atoms with Crippen molar-refractivity contribution < 1.29 is 4.79 Å². The summed E-state index contributed by atoms with van der Waals surface area (Å²) in [6, 6.07) is 7.59. The molecular weight excluding hydrogens is 332 g/mol. The number of hydrogen-bond acceptors (Lipinski definition) is 2. The zero-order valence-corrected chi connectivity index (χ0v) is 14.3. The van der Waals surface area contributed by atoms with Gasteiger partial charge in [0, 0.05) is 29.2 Å². The van der Waals surface area contributed by atoms with Crippen LogP contribution in [0.25, 0.3) is 0 Å². The first kappa shape index (κ1) is 17.5. The molecule has 0 saturated carbocycles. The van der Waals surface area contributed by atoms with Crippen LogP contribution in [-0.4, -0.2) is 37.5 Å². The Bertz CT molecular complexity index is 471. The average molecular weight is 355 g/mol. The number of nitrogens with one attached hydrogen (secondary N) is 3. The second-order valence-electron chi connectivity index (χ2n) is 4.82. The van der Waals surface area contributed by atoms with Crippen LogP contribution >= 0.6 is 15.9 Å². The zero-order valence-electron chi connectivity index (χ0n) is 12.7. The third-order valence-corrected chi connectivity index (χ3v) is 3.07. The molecular formula is C15H23BrN4O. The monoisotopic (exact) mass is 354 g/mol. The highest BCUT2D eigenvalue weighted by molar-refractivity contribution is 9.10. The van der Waals surface area contributed by atoms with E-state index < -0.39 is 0 Å². The third-order valence-electron chi connectivity index (χ3n) is 2.54. The second-order valence-corrected chi connectivity index (χ2v) is 5.74. The average Bonchev–Trinajstić information content (AvgIpc) is 2.43. The van der Waals surface area contributed by atoms with Crippen molar-refractivity contribution in [1.29, 1.82) is 0 Å². The second kappa shape index (κ2) is 9.39. The Kier molecular flexibility index (Phi) is 7.82. The van der Waals surface area contributed by atoms with E-state index in [2.05, 4.69) is 50.7 Å². The molecule has 1 rings (SSSR count). The lowest BCUT2D eigenvalue weighted by Crippen LogP contribution is -2.41. The number of amides is 1. The van der Waals surface area contributed by atoms with Gasteiger partial charge in [-0.15, -0.1) is 0 Å². The lowest BCUT2D eigenvalue weighted by Gasteiger charge is -2.14. The van der Waals surface area contributed by atoms with Gasteiger partial charge in [0.2, 0.25) is 0 Å². The summed E-state index contributed by atoms with van der Waals surface area (Å²) < 4.78 is 0.957. The van der Waals surface area contributed by atoms with Gasteiger partial charge in [0.25, 0.3) is 5.91 Å². The number of aliphatic imine (C=N–C) groups is 1. The van der Waals surface area contributed by atoms with Gasteiger partial charge in [0.15, 0.2) is 5.96 Å². The van der Waals surface area contributed by atoms with Crippen molar-refractivity contribution in [3.05, 3.63) is 34.3 Å². The molecule has 21 heavy (non-hydrogen) atoms. The molecule has 0 aromatic heterocycles. The van der Waals surface area contributed by atoms with Gasteiger partial charge in [-0.2, -0.15) is 0 Å². The smallest absolute Gasteiger partial charge is 0.251 e. The molecule has 0 unspecified atom stereocenters. The quantitative estimate of drug-likeness (QED) is 0.416. The lowest BCUT2D eigenvalue weighted by atomic mass is 10.2. The fourth-order valence-electron chi connectivity index (χ4n) is 1.63. The summed E-state index contributed by atoms with van der Waals surface area (Å²) in [5.41, 5.74) is 0.648. The van der Waals surface area contributed by atoms with Gasteiger partial charge < -0.3 is 16.0 Å². The summed E-state index contributed by atoms with van der Waals surface area (Å²) in [6.45, 7) is 7.98. The van der Waals surface area contributed by atoms with Crippen LogP contribution in [0.2, 0.25) is 0 Å².